The number of benzene rings is 1. The van der Waals surface area contributed by atoms with Crippen LogP contribution in [0, 0.1) is 5.92 Å². The van der Waals surface area contributed by atoms with Gasteiger partial charge in [-0.15, -0.1) is 0 Å². The first-order valence-corrected chi connectivity index (χ1v) is 7.16. The third kappa shape index (κ3) is 4.26. The first kappa shape index (κ1) is 15.9. The van der Waals surface area contributed by atoms with E-state index in [0.29, 0.717) is 11.5 Å². The Labute approximate surface area is 129 Å². The Hall–Kier alpha value is -2.47. The van der Waals surface area contributed by atoms with Gasteiger partial charge in [0.2, 0.25) is 0 Å². The van der Waals surface area contributed by atoms with Crippen molar-refractivity contribution in [1.29, 1.82) is 0 Å². The van der Waals surface area contributed by atoms with Crippen LogP contribution in [0.25, 0.3) is 0 Å². The summed E-state index contributed by atoms with van der Waals surface area (Å²) in [6.07, 6.45) is 1.35. The number of anilines is 2. The molecule has 6 nitrogen and oxygen atoms in total. The number of nitrogens with one attached hydrogen (secondary N) is 2. The monoisotopic (exact) mass is 300 g/mol. The zero-order valence-electron chi connectivity index (χ0n) is 12.7. The van der Waals surface area contributed by atoms with Crippen LogP contribution in [0.5, 0.6) is 0 Å². The van der Waals surface area contributed by atoms with Crippen LogP contribution < -0.4 is 10.6 Å². The van der Waals surface area contributed by atoms with Crippen molar-refractivity contribution in [2.75, 3.05) is 17.2 Å². The van der Waals surface area contributed by atoms with E-state index < -0.39 is 0 Å². The number of rotatable bonds is 6. The SMILES string of the molecule is CC(CO)C(C)Nc1cc(C(=O)Nc2ccccc2)ncn1. The lowest BCUT2D eigenvalue weighted by molar-refractivity contribution is 0.102. The first-order chi connectivity index (χ1) is 10.6. The summed E-state index contributed by atoms with van der Waals surface area (Å²) < 4.78 is 0. The number of para-hydroxylation sites is 1. The van der Waals surface area contributed by atoms with E-state index in [-0.39, 0.29) is 30.2 Å². The van der Waals surface area contributed by atoms with Gasteiger partial charge < -0.3 is 15.7 Å². The summed E-state index contributed by atoms with van der Waals surface area (Å²) in [7, 11) is 0. The van der Waals surface area contributed by atoms with Crippen LogP contribution in [-0.4, -0.2) is 33.6 Å². The zero-order chi connectivity index (χ0) is 15.9. The largest absolute Gasteiger partial charge is 0.396 e. The molecule has 0 saturated carbocycles. The van der Waals surface area contributed by atoms with Crippen molar-refractivity contribution < 1.29 is 9.90 Å². The molecule has 2 aromatic rings. The lowest BCUT2D eigenvalue weighted by Gasteiger charge is -2.19. The minimum atomic E-state index is -0.292. The van der Waals surface area contributed by atoms with E-state index in [0.717, 1.165) is 0 Å². The fourth-order valence-corrected chi connectivity index (χ4v) is 1.81. The zero-order valence-corrected chi connectivity index (χ0v) is 12.7. The number of carbonyl (C=O) groups excluding carboxylic acids is 1. The van der Waals surface area contributed by atoms with Crippen LogP contribution in [0.15, 0.2) is 42.7 Å². The average Bonchev–Trinajstić information content (AvgIpc) is 2.55. The van der Waals surface area contributed by atoms with Gasteiger partial charge in [-0.2, -0.15) is 0 Å². The Morgan fingerprint density at radius 2 is 1.95 bits per heavy atom. The van der Waals surface area contributed by atoms with Gasteiger partial charge in [0.05, 0.1) is 0 Å². The van der Waals surface area contributed by atoms with Crippen LogP contribution in [0.2, 0.25) is 0 Å². The van der Waals surface area contributed by atoms with Gasteiger partial charge in [0.15, 0.2) is 0 Å². The maximum atomic E-state index is 12.2. The predicted octanol–water partition coefficient (Wildman–Crippen LogP) is 2.16. The molecule has 1 aromatic carbocycles. The van der Waals surface area contributed by atoms with E-state index >= 15 is 0 Å². The second-order valence-corrected chi connectivity index (χ2v) is 5.20. The van der Waals surface area contributed by atoms with Gasteiger partial charge in [-0.3, -0.25) is 4.79 Å². The number of hydrogen-bond donors (Lipinski definition) is 3. The average molecular weight is 300 g/mol. The van der Waals surface area contributed by atoms with E-state index in [1.807, 2.05) is 44.2 Å². The molecule has 1 amide bonds. The molecular weight excluding hydrogens is 280 g/mol. The topological polar surface area (TPSA) is 87.1 Å². The van der Waals surface area contributed by atoms with Crippen LogP contribution in [-0.2, 0) is 0 Å². The molecule has 2 unspecified atom stereocenters. The number of hydrogen-bond acceptors (Lipinski definition) is 5. The molecule has 116 valence electrons. The molecule has 22 heavy (non-hydrogen) atoms. The van der Waals surface area contributed by atoms with Gasteiger partial charge in [-0.25, -0.2) is 9.97 Å². The summed E-state index contributed by atoms with van der Waals surface area (Å²) in [6.45, 7) is 3.97. The van der Waals surface area contributed by atoms with Gasteiger partial charge in [-0.1, -0.05) is 25.1 Å². The standard InChI is InChI=1S/C16H20N4O2/c1-11(9-21)12(2)19-15-8-14(17-10-18-15)16(22)20-13-6-4-3-5-7-13/h3-8,10-12,21H,9H2,1-2H3,(H,20,22)(H,17,18,19). The number of aliphatic hydroxyl groups excluding tert-OH is 1. The number of carbonyl (C=O) groups is 1. The summed E-state index contributed by atoms with van der Waals surface area (Å²) >= 11 is 0. The highest BCUT2D eigenvalue weighted by Crippen LogP contribution is 2.12. The lowest BCUT2D eigenvalue weighted by Crippen LogP contribution is -2.27. The molecule has 0 aliphatic heterocycles. The van der Waals surface area contributed by atoms with Gasteiger partial charge in [0, 0.05) is 24.4 Å². The summed E-state index contributed by atoms with van der Waals surface area (Å²) in [4.78, 5) is 20.3. The van der Waals surface area contributed by atoms with Crippen molar-refractivity contribution in [2.24, 2.45) is 5.92 Å². The van der Waals surface area contributed by atoms with E-state index in [9.17, 15) is 4.79 Å². The molecule has 1 aromatic heterocycles. The van der Waals surface area contributed by atoms with Gasteiger partial charge in [0.1, 0.15) is 17.8 Å². The Morgan fingerprint density at radius 1 is 1.23 bits per heavy atom. The second kappa shape index (κ2) is 7.51. The van der Waals surface area contributed by atoms with E-state index in [1.54, 1.807) is 6.07 Å². The molecule has 2 rings (SSSR count). The highest BCUT2D eigenvalue weighted by Gasteiger charge is 2.13. The third-order valence-electron chi connectivity index (χ3n) is 3.45. The number of aliphatic hydroxyl groups is 1. The van der Waals surface area contributed by atoms with Crippen molar-refractivity contribution in [3.8, 4) is 0 Å². The number of amides is 1. The minimum absolute atomic E-state index is 0.0323. The van der Waals surface area contributed by atoms with Gasteiger partial charge in [0.25, 0.3) is 5.91 Å². The number of aromatic nitrogens is 2. The molecule has 1 heterocycles. The molecule has 2 atom stereocenters. The van der Waals surface area contributed by atoms with Gasteiger partial charge >= 0.3 is 0 Å². The molecule has 0 spiro atoms. The Balaban J connectivity index is 2.06. The van der Waals surface area contributed by atoms with E-state index in [4.69, 9.17) is 5.11 Å². The van der Waals surface area contributed by atoms with Gasteiger partial charge in [-0.05, 0) is 25.0 Å². The molecule has 0 saturated heterocycles. The maximum Gasteiger partial charge on any atom is 0.274 e. The highest BCUT2D eigenvalue weighted by atomic mass is 16.3. The molecular formula is C16H20N4O2. The maximum absolute atomic E-state index is 12.2. The van der Waals surface area contributed by atoms with Crippen molar-refractivity contribution in [1.82, 2.24) is 9.97 Å². The summed E-state index contributed by atoms with van der Waals surface area (Å²) in [5.41, 5.74) is 0.994. The van der Waals surface area contributed by atoms with Crippen molar-refractivity contribution in [2.45, 2.75) is 19.9 Å². The summed E-state index contributed by atoms with van der Waals surface area (Å²) in [5.74, 6) is 0.345. The summed E-state index contributed by atoms with van der Waals surface area (Å²) in [5, 5.41) is 15.1. The molecule has 0 bridgehead atoms. The van der Waals surface area contributed by atoms with Crippen molar-refractivity contribution >= 4 is 17.4 Å². The van der Waals surface area contributed by atoms with E-state index in [2.05, 4.69) is 20.6 Å². The highest BCUT2D eigenvalue weighted by molar-refractivity contribution is 6.03. The normalized spacial score (nSPS) is 13.2. The van der Waals surface area contributed by atoms with E-state index in [1.165, 1.54) is 6.33 Å². The van der Waals surface area contributed by atoms with Crippen molar-refractivity contribution in [3.05, 3.63) is 48.4 Å². The molecule has 0 radical (unpaired) electrons. The van der Waals surface area contributed by atoms with Crippen LogP contribution in [0.4, 0.5) is 11.5 Å². The Morgan fingerprint density at radius 3 is 2.64 bits per heavy atom. The first-order valence-electron chi connectivity index (χ1n) is 7.16. The third-order valence-corrected chi connectivity index (χ3v) is 3.45. The smallest absolute Gasteiger partial charge is 0.274 e. The van der Waals surface area contributed by atoms with Crippen molar-refractivity contribution in [3.63, 3.8) is 0 Å². The minimum Gasteiger partial charge on any atom is -0.396 e. The molecule has 0 aliphatic carbocycles. The summed E-state index contributed by atoms with van der Waals surface area (Å²) in [6, 6.07) is 10.8. The van der Waals surface area contributed by atoms with Crippen LogP contribution in [0.1, 0.15) is 24.3 Å². The predicted molar refractivity (Wildman–Crippen MR) is 85.8 cm³/mol. The fourth-order valence-electron chi connectivity index (χ4n) is 1.81. The number of nitrogens with zero attached hydrogens (tertiary/aromatic N) is 2. The second-order valence-electron chi connectivity index (χ2n) is 5.20. The molecule has 0 fully saturated rings. The lowest BCUT2D eigenvalue weighted by atomic mass is 10.1. The van der Waals surface area contributed by atoms with Crippen LogP contribution in [0.3, 0.4) is 0 Å². The Bertz CT molecular complexity index is 619. The molecule has 3 N–H and O–H groups in total. The quantitative estimate of drug-likeness (QED) is 0.761. The van der Waals surface area contributed by atoms with Crippen LogP contribution >= 0.6 is 0 Å². The Kier molecular flexibility index (Phi) is 5.43. The molecule has 6 heteroatoms. The fraction of sp³-hybridized carbons (Fsp3) is 0.312. The molecule has 0 aliphatic rings.